The number of nitrogens with zero attached hydrogens (tertiary/aromatic N) is 2. The van der Waals surface area contributed by atoms with Gasteiger partial charge in [0.1, 0.15) is 0 Å². The Hall–Kier alpha value is -1.88. The van der Waals surface area contributed by atoms with Gasteiger partial charge < -0.3 is 10.2 Å². The van der Waals surface area contributed by atoms with Crippen LogP contribution < -0.4 is 10.2 Å². The van der Waals surface area contributed by atoms with Gasteiger partial charge in [-0.25, -0.2) is 0 Å². The van der Waals surface area contributed by atoms with E-state index in [0.717, 1.165) is 63.8 Å². The first kappa shape index (κ1) is 17.5. The minimum absolute atomic E-state index is 0.123. The highest BCUT2D eigenvalue weighted by Crippen LogP contribution is 2.27. The SMILES string of the molecule is O=C(NC1CCC1)C1CCN(CC(=O)N2CCCc3ccccc32)CC1. The molecule has 2 amide bonds. The van der Waals surface area contributed by atoms with Crippen LogP contribution in [0.4, 0.5) is 5.69 Å². The van der Waals surface area contributed by atoms with Gasteiger partial charge in [0.05, 0.1) is 6.54 Å². The van der Waals surface area contributed by atoms with Crippen molar-refractivity contribution in [3.8, 4) is 0 Å². The Morgan fingerprint density at radius 2 is 1.77 bits per heavy atom. The molecule has 4 rings (SSSR count). The third-order valence-corrected chi connectivity index (χ3v) is 6.18. The van der Waals surface area contributed by atoms with Gasteiger partial charge in [-0.05, 0) is 69.7 Å². The number of hydrogen-bond acceptors (Lipinski definition) is 3. The molecule has 1 saturated heterocycles. The molecule has 140 valence electrons. The highest BCUT2D eigenvalue weighted by atomic mass is 16.2. The molecule has 0 spiro atoms. The van der Waals surface area contributed by atoms with Crippen LogP contribution >= 0.6 is 0 Å². The molecule has 2 heterocycles. The van der Waals surface area contributed by atoms with Gasteiger partial charge in [0.15, 0.2) is 0 Å². The van der Waals surface area contributed by atoms with E-state index in [4.69, 9.17) is 0 Å². The Labute approximate surface area is 155 Å². The first-order valence-corrected chi connectivity index (χ1v) is 10.1. The van der Waals surface area contributed by atoms with E-state index < -0.39 is 0 Å². The minimum atomic E-state index is 0.123. The molecule has 1 aromatic carbocycles. The number of rotatable bonds is 4. The van der Waals surface area contributed by atoms with Crippen LogP contribution in [0.15, 0.2) is 24.3 Å². The Morgan fingerprint density at radius 3 is 2.50 bits per heavy atom. The highest BCUT2D eigenvalue weighted by Gasteiger charge is 2.30. The van der Waals surface area contributed by atoms with Crippen LogP contribution in [-0.4, -0.2) is 48.9 Å². The molecule has 1 N–H and O–H groups in total. The summed E-state index contributed by atoms with van der Waals surface area (Å²) in [5, 5.41) is 3.17. The second-order valence-electron chi connectivity index (χ2n) is 7.96. The van der Waals surface area contributed by atoms with Crippen molar-refractivity contribution in [2.45, 2.75) is 51.0 Å². The standard InChI is InChI=1S/C21H29N3O2/c25-20(24-12-4-6-16-5-1-2-9-19(16)24)15-23-13-10-17(11-14-23)21(26)22-18-7-3-8-18/h1-2,5,9,17-18H,3-4,6-8,10-15H2,(H,22,26). The molecule has 2 aliphatic heterocycles. The number of hydrogen-bond donors (Lipinski definition) is 1. The molecular formula is C21H29N3O2. The topological polar surface area (TPSA) is 52.7 Å². The van der Waals surface area contributed by atoms with E-state index in [1.54, 1.807) is 0 Å². The van der Waals surface area contributed by atoms with Crippen LogP contribution in [0.1, 0.15) is 44.1 Å². The fraction of sp³-hybridized carbons (Fsp3) is 0.619. The van der Waals surface area contributed by atoms with E-state index in [-0.39, 0.29) is 17.7 Å². The van der Waals surface area contributed by atoms with E-state index in [2.05, 4.69) is 22.3 Å². The van der Waals surface area contributed by atoms with E-state index >= 15 is 0 Å². The maximum atomic E-state index is 12.8. The summed E-state index contributed by atoms with van der Waals surface area (Å²) >= 11 is 0. The van der Waals surface area contributed by atoms with Crippen molar-refractivity contribution in [1.29, 1.82) is 0 Å². The normalized spacial score (nSPS) is 21.8. The molecule has 26 heavy (non-hydrogen) atoms. The third-order valence-electron chi connectivity index (χ3n) is 6.18. The second kappa shape index (κ2) is 7.78. The Balaban J connectivity index is 1.28. The number of likely N-dealkylation sites (tertiary alicyclic amines) is 1. The number of para-hydroxylation sites is 1. The van der Waals surface area contributed by atoms with E-state index in [0.29, 0.717) is 12.6 Å². The highest BCUT2D eigenvalue weighted by molar-refractivity contribution is 5.96. The third kappa shape index (κ3) is 3.78. The zero-order valence-electron chi connectivity index (χ0n) is 15.5. The summed E-state index contributed by atoms with van der Waals surface area (Å²) in [4.78, 5) is 29.3. The lowest BCUT2D eigenvalue weighted by atomic mass is 9.90. The largest absolute Gasteiger partial charge is 0.353 e. The van der Waals surface area contributed by atoms with Crippen LogP contribution in [0, 0.1) is 5.92 Å². The molecule has 0 atom stereocenters. The van der Waals surface area contributed by atoms with Gasteiger partial charge in [-0.3, -0.25) is 14.5 Å². The molecule has 2 fully saturated rings. The number of carbonyl (C=O) groups is 2. The summed E-state index contributed by atoms with van der Waals surface area (Å²) in [6.07, 6.45) is 7.33. The molecule has 0 unspecified atom stereocenters. The van der Waals surface area contributed by atoms with Crippen LogP contribution in [0.3, 0.4) is 0 Å². The molecule has 0 bridgehead atoms. The molecule has 0 radical (unpaired) electrons. The summed E-state index contributed by atoms with van der Waals surface area (Å²) in [5.41, 5.74) is 2.36. The molecule has 1 saturated carbocycles. The number of amides is 2. The molecule has 0 aromatic heterocycles. The number of benzene rings is 1. The predicted molar refractivity (Wildman–Crippen MR) is 102 cm³/mol. The van der Waals surface area contributed by atoms with Gasteiger partial charge >= 0.3 is 0 Å². The summed E-state index contributed by atoms with van der Waals surface area (Å²) in [6, 6.07) is 8.66. The Morgan fingerprint density at radius 1 is 1.00 bits per heavy atom. The van der Waals surface area contributed by atoms with Gasteiger partial charge in [-0.2, -0.15) is 0 Å². The summed E-state index contributed by atoms with van der Waals surface area (Å²) in [7, 11) is 0. The first-order chi connectivity index (χ1) is 12.7. The smallest absolute Gasteiger partial charge is 0.241 e. The van der Waals surface area contributed by atoms with Crippen LogP contribution in [-0.2, 0) is 16.0 Å². The van der Waals surface area contributed by atoms with Gasteiger partial charge in [-0.1, -0.05) is 18.2 Å². The van der Waals surface area contributed by atoms with Gasteiger partial charge in [0.25, 0.3) is 0 Å². The number of piperidine rings is 1. The number of nitrogens with one attached hydrogen (secondary N) is 1. The van der Waals surface area contributed by atoms with Crippen molar-refractivity contribution in [1.82, 2.24) is 10.2 Å². The fourth-order valence-corrected chi connectivity index (χ4v) is 4.29. The van der Waals surface area contributed by atoms with Gasteiger partial charge in [-0.15, -0.1) is 0 Å². The van der Waals surface area contributed by atoms with Crippen LogP contribution in [0.2, 0.25) is 0 Å². The van der Waals surface area contributed by atoms with Crippen molar-refractivity contribution in [3.05, 3.63) is 29.8 Å². The lowest BCUT2D eigenvalue weighted by Gasteiger charge is -2.35. The molecule has 1 aromatic rings. The first-order valence-electron chi connectivity index (χ1n) is 10.1. The van der Waals surface area contributed by atoms with Crippen molar-refractivity contribution in [2.75, 3.05) is 31.1 Å². The molecule has 5 nitrogen and oxygen atoms in total. The number of anilines is 1. The van der Waals surface area contributed by atoms with Crippen LogP contribution in [0.25, 0.3) is 0 Å². The van der Waals surface area contributed by atoms with Crippen molar-refractivity contribution < 1.29 is 9.59 Å². The second-order valence-corrected chi connectivity index (χ2v) is 7.96. The molecular weight excluding hydrogens is 326 g/mol. The van der Waals surface area contributed by atoms with Gasteiger partial charge in [0.2, 0.25) is 11.8 Å². The lowest BCUT2D eigenvalue weighted by Crippen LogP contribution is -2.48. The number of carbonyl (C=O) groups excluding carboxylic acids is 2. The molecule has 5 heteroatoms. The zero-order chi connectivity index (χ0) is 17.9. The fourth-order valence-electron chi connectivity index (χ4n) is 4.29. The van der Waals surface area contributed by atoms with E-state index in [1.165, 1.54) is 12.0 Å². The summed E-state index contributed by atoms with van der Waals surface area (Å²) in [5.74, 6) is 0.540. The average molecular weight is 355 g/mol. The van der Waals surface area contributed by atoms with Crippen molar-refractivity contribution in [3.63, 3.8) is 0 Å². The van der Waals surface area contributed by atoms with Crippen LogP contribution in [0.5, 0.6) is 0 Å². The maximum Gasteiger partial charge on any atom is 0.241 e. The van der Waals surface area contributed by atoms with E-state index in [1.807, 2.05) is 17.0 Å². The van der Waals surface area contributed by atoms with E-state index in [9.17, 15) is 9.59 Å². The Kier molecular flexibility index (Phi) is 5.25. The number of fused-ring (bicyclic) bond motifs is 1. The zero-order valence-corrected chi connectivity index (χ0v) is 15.5. The van der Waals surface area contributed by atoms with Gasteiger partial charge in [0, 0.05) is 24.2 Å². The Bertz CT molecular complexity index is 663. The average Bonchev–Trinajstić information content (AvgIpc) is 2.64. The molecule has 3 aliphatic rings. The van der Waals surface area contributed by atoms with Crippen molar-refractivity contribution in [2.24, 2.45) is 5.92 Å². The monoisotopic (exact) mass is 355 g/mol. The molecule has 1 aliphatic carbocycles. The quantitative estimate of drug-likeness (QED) is 0.902. The number of aryl methyl sites for hydroxylation is 1. The summed E-state index contributed by atoms with van der Waals surface area (Å²) < 4.78 is 0. The summed E-state index contributed by atoms with van der Waals surface area (Å²) in [6.45, 7) is 2.95. The van der Waals surface area contributed by atoms with Crippen molar-refractivity contribution >= 4 is 17.5 Å². The maximum absolute atomic E-state index is 12.8. The lowest BCUT2D eigenvalue weighted by molar-refractivity contribution is -0.127. The predicted octanol–water partition coefficient (Wildman–Crippen LogP) is 2.35. The minimum Gasteiger partial charge on any atom is -0.353 e.